The van der Waals surface area contributed by atoms with Crippen LogP contribution in [0.2, 0.25) is 0 Å². The van der Waals surface area contributed by atoms with Gasteiger partial charge in [-0.1, -0.05) is 6.07 Å². The predicted molar refractivity (Wildman–Crippen MR) is 64.3 cm³/mol. The van der Waals surface area contributed by atoms with Crippen LogP contribution < -0.4 is 10.6 Å². The lowest BCUT2D eigenvalue weighted by Crippen LogP contribution is -2.27. The lowest BCUT2D eigenvalue weighted by atomic mass is 10.1. The van der Waals surface area contributed by atoms with Gasteiger partial charge in [0.1, 0.15) is 0 Å². The van der Waals surface area contributed by atoms with Crippen LogP contribution in [-0.4, -0.2) is 24.8 Å². The van der Waals surface area contributed by atoms with Crippen LogP contribution >= 0.6 is 0 Å². The van der Waals surface area contributed by atoms with Gasteiger partial charge >= 0.3 is 6.18 Å². The number of nitrogens with zero attached hydrogens (tertiary/aromatic N) is 1. The minimum absolute atomic E-state index is 0.0664. The number of aliphatic hydroxyl groups excluding tert-OH is 1. The fraction of sp³-hybridized carbons (Fsp3) is 0.500. The molecule has 0 heterocycles. The topological polar surface area (TPSA) is 49.5 Å². The molecule has 0 saturated heterocycles. The zero-order valence-electron chi connectivity index (χ0n) is 10.3. The maximum absolute atomic E-state index is 12.8. The van der Waals surface area contributed by atoms with Crippen molar-refractivity contribution in [2.24, 2.45) is 5.73 Å². The summed E-state index contributed by atoms with van der Waals surface area (Å²) in [5.41, 5.74) is 5.05. The lowest BCUT2D eigenvalue weighted by Gasteiger charge is -2.23. The van der Waals surface area contributed by atoms with Gasteiger partial charge in [0.25, 0.3) is 0 Å². The van der Waals surface area contributed by atoms with Crippen LogP contribution in [0.3, 0.4) is 0 Å². The lowest BCUT2D eigenvalue weighted by molar-refractivity contribution is -0.138. The summed E-state index contributed by atoms with van der Waals surface area (Å²) < 4.78 is 38.5. The molecule has 3 nitrogen and oxygen atoms in total. The van der Waals surface area contributed by atoms with Crippen LogP contribution in [0.25, 0.3) is 0 Å². The van der Waals surface area contributed by atoms with Gasteiger partial charge < -0.3 is 15.7 Å². The summed E-state index contributed by atoms with van der Waals surface area (Å²) in [5.74, 6) is 0. The molecule has 0 aromatic heterocycles. The highest BCUT2D eigenvalue weighted by Gasteiger charge is 2.33. The maximum Gasteiger partial charge on any atom is 0.416 e. The SMILES string of the molecule is CC(O)CN(C)c1ccc(CN)c(C(F)(F)F)c1. The largest absolute Gasteiger partial charge is 0.416 e. The van der Waals surface area contributed by atoms with Crippen LogP contribution in [0, 0.1) is 0 Å². The second-order valence-electron chi connectivity index (χ2n) is 4.27. The standard InChI is InChI=1S/C12H17F3N2O/c1-8(18)7-17(2)10-4-3-9(6-16)11(5-10)12(13,14)15/h3-5,8,18H,6-7,16H2,1-2H3. The third kappa shape index (κ3) is 3.61. The molecule has 0 saturated carbocycles. The number of hydrogen-bond acceptors (Lipinski definition) is 3. The molecule has 0 radical (unpaired) electrons. The Morgan fingerprint density at radius 2 is 2.00 bits per heavy atom. The Balaban J connectivity index is 3.10. The van der Waals surface area contributed by atoms with Gasteiger partial charge in [0.05, 0.1) is 11.7 Å². The highest BCUT2D eigenvalue weighted by Crippen LogP contribution is 2.34. The van der Waals surface area contributed by atoms with Gasteiger partial charge in [0.15, 0.2) is 0 Å². The quantitative estimate of drug-likeness (QED) is 0.872. The van der Waals surface area contributed by atoms with E-state index >= 15 is 0 Å². The average molecular weight is 262 g/mol. The van der Waals surface area contributed by atoms with Crippen molar-refractivity contribution in [2.75, 3.05) is 18.5 Å². The zero-order chi connectivity index (χ0) is 13.9. The van der Waals surface area contributed by atoms with Crippen molar-refractivity contribution in [3.8, 4) is 0 Å². The number of anilines is 1. The highest BCUT2D eigenvalue weighted by molar-refractivity contribution is 5.51. The minimum Gasteiger partial charge on any atom is -0.392 e. The first-order chi connectivity index (χ1) is 8.25. The smallest absolute Gasteiger partial charge is 0.392 e. The van der Waals surface area contributed by atoms with E-state index in [1.54, 1.807) is 24.9 Å². The first-order valence-electron chi connectivity index (χ1n) is 5.55. The molecule has 6 heteroatoms. The second kappa shape index (κ2) is 5.58. The fourth-order valence-corrected chi connectivity index (χ4v) is 1.75. The molecule has 1 unspecified atom stereocenters. The first kappa shape index (κ1) is 14.8. The molecule has 1 aromatic carbocycles. The van der Waals surface area contributed by atoms with E-state index in [4.69, 9.17) is 5.73 Å². The molecule has 1 aromatic rings. The van der Waals surface area contributed by atoms with Gasteiger partial charge in [0.2, 0.25) is 0 Å². The van der Waals surface area contributed by atoms with E-state index < -0.39 is 17.8 Å². The van der Waals surface area contributed by atoms with E-state index in [2.05, 4.69) is 0 Å². The van der Waals surface area contributed by atoms with Crippen molar-refractivity contribution < 1.29 is 18.3 Å². The number of aliphatic hydroxyl groups is 1. The summed E-state index contributed by atoms with van der Waals surface area (Å²) in [5, 5.41) is 9.23. The van der Waals surface area contributed by atoms with Gasteiger partial charge in [-0.2, -0.15) is 13.2 Å². The van der Waals surface area contributed by atoms with Gasteiger partial charge in [-0.3, -0.25) is 0 Å². The molecule has 3 N–H and O–H groups in total. The maximum atomic E-state index is 12.8. The summed E-state index contributed by atoms with van der Waals surface area (Å²) in [7, 11) is 1.63. The summed E-state index contributed by atoms with van der Waals surface area (Å²) in [6.45, 7) is 1.68. The normalized spacial score (nSPS) is 13.5. The highest BCUT2D eigenvalue weighted by atomic mass is 19.4. The van der Waals surface area contributed by atoms with Crippen LogP contribution in [0.15, 0.2) is 18.2 Å². The van der Waals surface area contributed by atoms with E-state index in [1.807, 2.05) is 0 Å². The summed E-state index contributed by atoms with van der Waals surface area (Å²) in [4.78, 5) is 1.57. The minimum atomic E-state index is -4.42. The first-order valence-corrected chi connectivity index (χ1v) is 5.55. The number of halogens is 3. The number of nitrogens with two attached hydrogens (primary N) is 1. The summed E-state index contributed by atoms with van der Waals surface area (Å²) in [6.07, 6.45) is -5.03. The second-order valence-corrected chi connectivity index (χ2v) is 4.27. The Morgan fingerprint density at radius 3 is 2.44 bits per heavy atom. The van der Waals surface area contributed by atoms with Crippen molar-refractivity contribution in [3.63, 3.8) is 0 Å². The van der Waals surface area contributed by atoms with E-state index in [0.29, 0.717) is 5.69 Å². The van der Waals surface area contributed by atoms with Gasteiger partial charge in [0, 0.05) is 25.8 Å². The molecule has 0 spiro atoms. The van der Waals surface area contributed by atoms with Crippen LogP contribution in [0.5, 0.6) is 0 Å². The third-order valence-corrected chi connectivity index (χ3v) is 2.60. The van der Waals surface area contributed by atoms with Crippen molar-refractivity contribution in [1.29, 1.82) is 0 Å². The van der Waals surface area contributed by atoms with E-state index in [-0.39, 0.29) is 18.7 Å². The molecule has 0 bridgehead atoms. The predicted octanol–water partition coefficient (Wildman–Crippen LogP) is 1.98. The average Bonchev–Trinajstić information content (AvgIpc) is 2.26. The Morgan fingerprint density at radius 1 is 1.39 bits per heavy atom. The molecular weight excluding hydrogens is 245 g/mol. The summed E-state index contributed by atoms with van der Waals surface area (Å²) in [6, 6.07) is 4.00. The van der Waals surface area contributed by atoms with Crippen molar-refractivity contribution in [2.45, 2.75) is 25.7 Å². The van der Waals surface area contributed by atoms with Crippen LogP contribution in [0.1, 0.15) is 18.1 Å². The molecule has 1 rings (SSSR count). The third-order valence-electron chi connectivity index (χ3n) is 2.60. The van der Waals surface area contributed by atoms with Crippen molar-refractivity contribution >= 4 is 5.69 Å². The Kier molecular flexibility index (Phi) is 4.59. The fourth-order valence-electron chi connectivity index (χ4n) is 1.75. The van der Waals surface area contributed by atoms with E-state index in [1.165, 1.54) is 6.07 Å². The molecule has 18 heavy (non-hydrogen) atoms. The zero-order valence-corrected chi connectivity index (χ0v) is 10.3. The number of likely N-dealkylation sites (N-methyl/N-ethyl adjacent to an activating group) is 1. The van der Waals surface area contributed by atoms with Crippen molar-refractivity contribution in [3.05, 3.63) is 29.3 Å². The Hall–Kier alpha value is -1.27. The van der Waals surface area contributed by atoms with Gasteiger partial charge in [-0.05, 0) is 24.6 Å². The molecule has 0 aliphatic carbocycles. The number of hydrogen-bond donors (Lipinski definition) is 2. The van der Waals surface area contributed by atoms with E-state index in [9.17, 15) is 18.3 Å². The molecule has 102 valence electrons. The number of rotatable bonds is 4. The van der Waals surface area contributed by atoms with E-state index in [0.717, 1.165) is 6.07 Å². The summed E-state index contributed by atoms with van der Waals surface area (Å²) >= 11 is 0. The Labute approximate surface area is 104 Å². The number of alkyl halides is 3. The number of benzene rings is 1. The molecular formula is C12H17F3N2O. The molecule has 0 aliphatic heterocycles. The Bertz CT molecular complexity index is 405. The monoisotopic (exact) mass is 262 g/mol. The molecule has 1 atom stereocenters. The molecule has 0 fully saturated rings. The van der Waals surface area contributed by atoms with Gasteiger partial charge in [-0.25, -0.2) is 0 Å². The van der Waals surface area contributed by atoms with Crippen molar-refractivity contribution in [1.82, 2.24) is 0 Å². The van der Waals surface area contributed by atoms with Gasteiger partial charge in [-0.15, -0.1) is 0 Å². The van der Waals surface area contributed by atoms with Crippen LogP contribution in [0.4, 0.5) is 18.9 Å². The molecule has 0 amide bonds. The van der Waals surface area contributed by atoms with Crippen LogP contribution in [-0.2, 0) is 12.7 Å². The molecule has 0 aliphatic rings.